The van der Waals surface area contributed by atoms with Gasteiger partial charge in [0.05, 0.1) is 20.3 Å². The van der Waals surface area contributed by atoms with Crippen LogP contribution >= 0.6 is 0 Å². The number of rotatable bonds is 6. The van der Waals surface area contributed by atoms with Gasteiger partial charge in [-0.25, -0.2) is 0 Å². The van der Waals surface area contributed by atoms with Gasteiger partial charge in [-0.1, -0.05) is 48.5 Å². The summed E-state index contributed by atoms with van der Waals surface area (Å²) in [5, 5.41) is 0. The van der Waals surface area contributed by atoms with E-state index in [0.717, 1.165) is 44.1 Å². The molecule has 0 saturated heterocycles. The van der Waals surface area contributed by atoms with E-state index in [1.807, 2.05) is 12.1 Å². The second kappa shape index (κ2) is 9.99. The van der Waals surface area contributed by atoms with Gasteiger partial charge in [0.1, 0.15) is 11.5 Å². The molecular weight excluding hydrogens is 384 g/mol. The van der Waals surface area contributed by atoms with E-state index in [9.17, 15) is 0 Å². The zero-order valence-corrected chi connectivity index (χ0v) is 18.8. The maximum absolute atomic E-state index is 5.36. The lowest BCUT2D eigenvalue weighted by Gasteiger charge is -2.36. The molecule has 0 spiro atoms. The highest BCUT2D eigenvalue weighted by Gasteiger charge is 2.25. The molecule has 4 rings (SSSR count). The van der Waals surface area contributed by atoms with Crippen molar-refractivity contribution in [2.75, 3.05) is 40.9 Å². The second-order valence-corrected chi connectivity index (χ2v) is 8.23. The van der Waals surface area contributed by atoms with E-state index in [2.05, 4.69) is 77.5 Å². The molecule has 0 amide bonds. The van der Waals surface area contributed by atoms with E-state index in [-0.39, 0.29) is 6.04 Å². The fraction of sp³-hybridized carbons (Fsp3) is 0.333. The summed E-state index contributed by atoms with van der Waals surface area (Å²) in [6, 6.07) is 26.1. The third kappa shape index (κ3) is 5.09. The maximum Gasteiger partial charge on any atom is 0.118 e. The van der Waals surface area contributed by atoms with E-state index in [1.54, 1.807) is 14.2 Å². The van der Waals surface area contributed by atoms with Crippen molar-refractivity contribution in [2.24, 2.45) is 0 Å². The minimum absolute atomic E-state index is 0.255. The average molecular weight is 417 g/mol. The number of fused-ring (bicyclic) bond motifs is 1. The van der Waals surface area contributed by atoms with Crippen LogP contribution in [0.1, 0.15) is 28.3 Å². The standard InChI is InChI=1S/C27H32N2O2/c1-28-18-19-29(17-16-21-8-12-24(30-2)13-9-21)20-23-6-4-5-7-26(23)27(28)22-10-14-25(31-3)15-11-22/h4-15,27H,16-20H2,1-3H3. The van der Waals surface area contributed by atoms with Crippen molar-refractivity contribution in [3.8, 4) is 11.5 Å². The predicted molar refractivity (Wildman–Crippen MR) is 126 cm³/mol. The lowest BCUT2D eigenvalue weighted by Crippen LogP contribution is -2.39. The number of hydrogen-bond donors (Lipinski definition) is 0. The second-order valence-electron chi connectivity index (χ2n) is 8.23. The first-order valence-electron chi connectivity index (χ1n) is 10.9. The summed E-state index contributed by atoms with van der Waals surface area (Å²) in [5.74, 6) is 1.81. The number of hydrogen-bond acceptors (Lipinski definition) is 4. The van der Waals surface area contributed by atoms with Crippen LogP contribution in [0.2, 0.25) is 0 Å². The van der Waals surface area contributed by atoms with Crippen LogP contribution in [0.15, 0.2) is 72.8 Å². The van der Waals surface area contributed by atoms with Gasteiger partial charge in [-0.3, -0.25) is 9.80 Å². The molecule has 0 aromatic heterocycles. The molecule has 3 aromatic rings. The first kappa shape index (κ1) is 21.4. The van der Waals surface area contributed by atoms with Crippen LogP contribution in [-0.2, 0) is 13.0 Å². The lowest BCUT2D eigenvalue weighted by molar-refractivity contribution is 0.186. The Morgan fingerprint density at radius 3 is 2.13 bits per heavy atom. The van der Waals surface area contributed by atoms with Crippen LogP contribution in [0.25, 0.3) is 0 Å². The van der Waals surface area contributed by atoms with E-state index in [1.165, 1.54) is 22.3 Å². The van der Waals surface area contributed by atoms with Crippen molar-refractivity contribution in [1.82, 2.24) is 9.80 Å². The molecule has 1 heterocycles. The summed E-state index contributed by atoms with van der Waals surface area (Å²) >= 11 is 0. The Balaban J connectivity index is 1.54. The molecular formula is C27H32N2O2. The van der Waals surface area contributed by atoms with Crippen molar-refractivity contribution >= 4 is 0 Å². The zero-order valence-electron chi connectivity index (χ0n) is 18.8. The third-order valence-corrected chi connectivity index (χ3v) is 6.26. The molecule has 0 N–H and O–H groups in total. The van der Waals surface area contributed by atoms with E-state index in [0.29, 0.717) is 0 Å². The first-order chi connectivity index (χ1) is 15.2. The highest BCUT2D eigenvalue weighted by molar-refractivity contribution is 5.40. The molecule has 31 heavy (non-hydrogen) atoms. The summed E-state index contributed by atoms with van der Waals surface area (Å²) < 4.78 is 10.6. The molecule has 1 unspecified atom stereocenters. The van der Waals surface area contributed by atoms with Crippen LogP contribution in [0.5, 0.6) is 11.5 Å². The first-order valence-corrected chi connectivity index (χ1v) is 10.9. The highest BCUT2D eigenvalue weighted by atomic mass is 16.5. The lowest BCUT2D eigenvalue weighted by atomic mass is 9.92. The largest absolute Gasteiger partial charge is 0.497 e. The maximum atomic E-state index is 5.36. The SMILES string of the molecule is COc1ccc(CCN2CCN(C)C(c3ccc(OC)cc3)c3ccccc3C2)cc1. The molecule has 3 aromatic carbocycles. The topological polar surface area (TPSA) is 24.9 Å². The Morgan fingerprint density at radius 1 is 0.806 bits per heavy atom. The number of ether oxygens (including phenoxy) is 2. The van der Waals surface area contributed by atoms with Crippen LogP contribution < -0.4 is 9.47 Å². The van der Waals surface area contributed by atoms with Crippen LogP contribution in [0.4, 0.5) is 0 Å². The molecule has 4 nitrogen and oxygen atoms in total. The minimum Gasteiger partial charge on any atom is -0.497 e. The predicted octanol–water partition coefficient (Wildman–Crippen LogP) is 4.78. The Kier molecular flexibility index (Phi) is 6.90. The van der Waals surface area contributed by atoms with Crippen molar-refractivity contribution in [3.05, 3.63) is 95.1 Å². The Labute approximate surface area is 186 Å². The monoisotopic (exact) mass is 416 g/mol. The Morgan fingerprint density at radius 2 is 1.45 bits per heavy atom. The van der Waals surface area contributed by atoms with Crippen LogP contribution in [-0.4, -0.2) is 50.7 Å². The molecule has 0 aliphatic carbocycles. The number of methoxy groups -OCH3 is 2. The van der Waals surface area contributed by atoms with Crippen molar-refractivity contribution in [2.45, 2.75) is 19.0 Å². The Hall–Kier alpha value is -2.82. The molecule has 162 valence electrons. The van der Waals surface area contributed by atoms with Gasteiger partial charge < -0.3 is 9.47 Å². The molecule has 1 aliphatic heterocycles. The van der Waals surface area contributed by atoms with Gasteiger partial charge in [0, 0.05) is 26.2 Å². The summed E-state index contributed by atoms with van der Waals surface area (Å²) in [6.07, 6.45) is 1.04. The summed E-state index contributed by atoms with van der Waals surface area (Å²) in [7, 11) is 5.66. The fourth-order valence-corrected chi connectivity index (χ4v) is 4.42. The molecule has 0 fully saturated rings. The molecule has 4 heteroatoms. The summed E-state index contributed by atoms with van der Waals surface area (Å²) in [4.78, 5) is 5.05. The minimum atomic E-state index is 0.255. The van der Waals surface area contributed by atoms with E-state index >= 15 is 0 Å². The smallest absolute Gasteiger partial charge is 0.118 e. The molecule has 1 aliphatic rings. The molecule has 0 radical (unpaired) electrons. The van der Waals surface area contributed by atoms with E-state index < -0.39 is 0 Å². The highest BCUT2D eigenvalue weighted by Crippen LogP contribution is 2.33. The fourth-order valence-electron chi connectivity index (χ4n) is 4.42. The quantitative estimate of drug-likeness (QED) is 0.577. The third-order valence-electron chi connectivity index (χ3n) is 6.26. The van der Waals surface area contributed by atoms with Crippen LogP contribution in [0.3, 0.4) is 0 Å². The van der Waals surface area contributed by atoms with Crippen molar-refractivity contribution in [3.63, 3.8) is 0 Å². The van der Waals surface area contributed by atoms with Gasteiger partial charge in [0.2, 0.25) is 0 Å². The molecule has 0 saturated carbocycles. The van der Waals surface area contributed by atoms with Gasteiger partial charge in [-0.15, -0.1) is 0 Å². The normalized spacial score (nSPS) is 17.5. The molecule has 1 atom stereocenters. The van der Waals surface area contributed by atoms with Gasteiger partial charge in [-0.05, 0) is 60.0 Å². The van der Waals surface area contributed by atoms with Gasteiger partial charge in [0.25, 0.3) is 0 Å². The summed E-state index contributed by atoms with van der Waals surface area (Å²) in [5.41, 5.74) is 5.46. The zero-order chi connectivity index (χ0) is 21.6. The van der Waals surface area contributed by atoms with Crippen molar-refractivity contribution < 1.29 is 9.47 Å². The van der Waals surface area contributed by atoms with Crippen molar-refractivity contribution in [1.29, 1.82) is 0 Å². The average Bonchev–Trinajstić information content (AvgIpc) is 2.81. The summed E-state index contributed by atoms with van der Waals surface area (Å²) in [6.45, 7) is 4.09. The Bertz CT molecular complexity index is 969. The number of nitrogens with zero attached hydrogens (tertiary/aromatic N) is 2. The van der Waals surface area contributed by atoms with Crippen LogP contribution in [0, 0.1) is 0 Å². The van der Waals surface area contributed by atoms with E-state index in [4.69, 9.17) is 9.47 Å². The number of likely N-dealkylation sites (N-methyl/N-ethyl adjacent to an activating group) is 1. The van der Waals surface area contributed by atoms with Gasteiger partial charge >= 0.3 is 0 Å². The van der Waals surface area contributed by atoms with Gasteiger partial charge in [0.15, 0.2) is 0 Å². The van der Waals surface area contributed by atoms with Gasteiger partial charge in [-0.2, -0.15) is 0 Å². The molecule has 0 bridgehead atoms. The number of benzene rings is 3.